The lowest BCUT2D eigenvalue weighted by atomic mass is 10.3. The van der Waals surface area contributed by atoms with E-state index in [1.54, 1.807) is 0 Å². The van der Waals surface area contributed by atoms with Gasteiger partial charge in [-0.3, -0.25) is 9.25 Å². The lowest BCUT2D eigenvalue weighted by molar-refractivity contribution is 0.728. The largest absolute Gasteiger partial charge is 0.330 e. The van der Waals surface area contributed by atoms with Gasteiger partial charge in [0.15, 0.2) is 10.6 Å². The summed E-state index contributed by atoms with van der Waals surface area (Å²) >= 11 is 11.6. The number of imidazole rings is 1. The van der Waals surface area contributed by atoms with E-state index < -0.39 is 0 Å². The van der Waals surface area contributed by atoms with Gasteiger partial charge in [-0.25, -0.2) is 0 Å². The minimum absolute atomic E-state index is 0.594. The highest BCUT2D eigenvalue weighted by atomic mass is 35.5. The number of hydrogen-bond acceptors (Lipinski definition) is 2. The summed E-state index contributed by atoms with van der Waals surface area (Å²) in [6.45, 7) is 2.00. The molecule has 92 valence electrons. The SMILES string of the molecule is Cc1cc(-n2c(=S)[nH]c3cccc(Cl)c32)nn1C. The van der Waals surface area contributed by atoms with E-state index in [4.69, 9.17) is 23.8 Å². The first-order valence-corrected chi connectivity index (χ1v) is 6.27. The van der Waals surface area contributed by atoms with E-state index in [1.165, 1.54) is 0 Å². The number of aromatic amines is 1. The zero-order valence-electron chi connectivity index (χ0n) is 9.94. The summed E-state index contributed by atoms with van der Waals surface area (Å²) in [6, 6.07) is 7.67. The number of aryl methyl sites for hydroxylation is 2. The lowest BCUT2D eigenvalue weighted by Gasteiger charge is -2.01. The molecule has 0 atom stereocenters. The van der Waals surface area contributed by atoms with Crippen LogP contribution in [0.4, 0.5) is 0 Å². The van der Waals surface area contributed by atoms with E-state index >= 15 is 0 Å². The molecule has 0 amide bonds. The summed E-state index contributed by atoms with van der Waals surface area (Å²) in [5.74, 6) is 0.777. The van der Waals surface area contributed by atoms with Gasteiger partial charge in [-0.05, 0) is 31.3 Å². The number of nitrogens with zero attached hydrogens (tertiary/aromatic N) is 3. The third kappa shape index (κ3) is 1.59. The average Bonchev–Trinajstić information content (AvgIpc) is 2.80. The molecule has 0 spiro atoms. The fourth-order valence-electron chi connectivity index (χ4n) is 1.99. The second-order valence-corrected chi connectivity index (χ2v) is 4.96. The van der Waals surface area contributed by atoms with Crippen LogP contribution in [-0.2, 0) is 7.05 Å². The highest BCUT2D eigenvalue weighted by Gasteiger charge is 2.12. The van der Waals surface area contributed by atoms with E-state index in [9.17, 15) is 0 Å². The van der Waals surface area contributed by atoms with E-state index in [0.717, 1.165) is 22.5 Å². The zero-order chi connectivity index (χ0) is 12.9. The Morgan fingerprint density at radius 3 is 2.83 bits per heavy atom. The summed E-state index contributed by atoms with van der Waals surface area (Å²) in [5.41, 5.74) is 2.84. The van der Waals surface area contributed by atoms with Gasteiger partial charge in [0.05, 0.1) is 16.1 Å². The minimum atomic E-state index is 0.594. The van der Waals surface area contributed by atoms with Gasteiger partial charge in [0.25, 0.3) is 0 Å². The molecule has 0 fully saturated rings. The normalized spacial score (nSPS) is 11.3. The van der Waals surface area contributed by atoms with Gasteiger partial charge in [0.2, 0.25) is 0 Å². The van der Waals surface area contributed by atoms with Gasteiger partial charge >= 0.3 is 0 Å². The molecule has 1 aromatic carbocycles. The topological polar surface area (TPSA) is 38.5 Å². The van der Waals surface area contributed by atoms with E-state index in [-0.39, 0.29) is 0 Å². The number of hydrogen-bond donors (Lipinski definition) is 1. The van der Waals surface area contributed by atoms with E-state index in [1.807, 2.05) is 47.5 Å². The molecule has 4 nitrogen and oxygen atoms in total. The molecular formula is C12H11ClN4S. The lowest BCUT2D eigenvalue weighted by Crippen LogP contribution is -1.98. The van der Waals surface area contributed by atoms with Crippen molar-refractivity contribution in [1.82, 2.24) is 19.3 Å². The molecule has 18 heavy (non-hydrogen) atoms. The summed E-state index contributed by atoms with van der Waals surface area (Å²) in [7, 11) is 1.90. The van der Waals surface area contributed by atoms with Gasteiger partial charge in [0.1, 0.15) is 0 Å². The molecule has 2 aromatic heterocycles. The third-order valence-electron chi connectivity index (χ3n) is 2.99. The van der Waals surface area contributed by atoms with Crippen LogP contribution in [0, 0.1) is 11.7 Å². The summed E-state index contributed by atoms with van der Waals surface area (Å²) in [4.78, 5) is 3.14. The van der Waals surface area contributed by atoms with Crippen LogP contribution in [0.3, 0.4) is 0 Å². The van der Waals surface area contributed by atoms with Gasteiger partial charge in [0, 0.05) is 18.8 Å². The van der Waals surface area contributed by atoms with E-state index in [0.29, 0.717) is 9.79 Å². The molecule has 6 heteroatoms. The van der Waals surface area contributed by atoms with Crippen molar-refractivity contribution in [2.75, 3.05) is 0 Å². The average molecular weight is 279 g/mol. The van der Waals surface area contributed by atoms with Crippen LogP contribution in [-0.4, -0.2) is 19.3 Å². The van der Waals surface area contributed by atoms with Crippen LogP contribution in [0.5, 0.6) is 0 Å². The minimum Gasteiger partial charge on any atom is -0.330 e. The molecule has 1 N–H and O–H groups in total. The first-order chi connectivity index (χ1) is 8.58. The van der Waals surface area contributed by atoms with E-state index in [2.05, 4.69) is 10.1 Å². The van der Waals surface area contributed by atoms with Crippen LogP contribution < -0.4 is 0 Å². The maximum Gasteiger partial charge on any atom is 0.184 e. The number of aromatic nitrogens is 4. The molecule has 0 aliphatic rings. The van der Waals surface area contributed by atoms with Crippen molar-refractivity contribution in [3.05, 3.63) is 39.8 Å². The Hall–Kier alpha value is -1.59. The van der Waals surface area contributed by atoms with Crippen molar-refractivity contribution >= 4 is 34.9 Å². The predicted molar refractivity (Wildman–Crippen MR) is 75.0 cm³/mol. The van der Waals surface area contributed by atoms with Crippen molar-refractivity contribution in [3.63, 3.8) is 0 Å². The zero-order valence-corrected chi connectivity index (χ0v) is 11.5. The predicted octanol–water partition coefficient (Wildman–Crippen LogP) is 3.38. The molecular weight excluding hydrogens is 268 g/mol. The van der Waals surface area contributed by atoms with Gasteiger partial charge in [-0.1, -0.05) is 17.7 Å². The Morgan fingerprint density at radius 2 is 2.17 bits per heavy atom. The molecule has 3 rings (SSSR count). The maximum absolute atomic E-state index is 6.25. The van der Waals surface area contributed by atoms with Crippen LogP contribution in [0.2, 0.25) is 5.02 Å². The summed E-state index contributed by atoms with van der Waals surface area (Å²) in [6.07, 6.45) is 0. The first-order valence-electron chi connectivity index (χ1n) is 5.48. The number of para-hydroxylation sites is 1. The van der Waals surface area contributed by atoms with Crippen molar-refractivity contribution in [1.29, 1.82) is 0 Å². The molecule has 0 radical (unpaired) electrons. The monoisotopic (exact) mass is 278 g/mol. The highest BCUT2D eigenvalue weighted by Crippen LogP contribution is 2.26. The van der Waals surface area contributed by atoms with Crippen LogP contribution in [0.15, 0.2) is 24.3 Å². The summed E-state index contributed by atoms with van der Waals surface area (Å²) < 4.78 is 4.27. The third-order valence-corrected chi connectivity index (χ3v) is 3.57. The number of fused-ring (bicyclic) bond motifs is 1. The van der Waals surface area contributed by atoms with Crippen LogP contribution in [0.1, 0.15) is 5.69 Å². The Labute approximate surface area is 114 Å². The molecule has 0 saturated carbocycles. The Balaban J connectivity index is 2.41. The van der Waals surface area contributed by atoms with Crippen LogP contribution in [0.25, 0.3) is 16.9 Å². The molecule has 2 heterocycles. The quantitative estimate of drug-likeness (QED) is 0.693. The van der Waals surface area contributed by atoms with Gasteiger partial charge in [-0.2, -0.15) is 5.10 Å². The Kier molecular flexibility index (Phi) is 2.53. The second kappa shape index (κ2) is 3.96. The molecule has 0 bridgehead atoms. The smallest absolute Gasteiger partial charge is 0.184 e. The fourth-order valence-corrected chi connectivity index (χ4v) is 2.54. The number of nitrogens with one attached hydrogen (secondary N) is 1. The Morgan fingerprint density at radius 1 is 1.39 bits per heavy atom. The highest BCUT2D eigenvalue weighted by molar-refractivity contribution is 7.71. The molecule has 0 saturated heterocycles. The Bertz CT molecular complexity index is 777. The van der Waals surface area contributed by atoms with Crippen molar-refractivity contribution in [2.45, 2.75) is 6.92 Å². The first kappa shape index (κ1) is 11.5. The van der Waals surface area contributed by atoms with Crippen molar-refractivity contribution in [2.24, 2.45) is 7.05 Å². The van der Waals surface area contributed by atoms with Crippen LogP contribution >= 0.6 is 23.8 Å². The molecule has 0 aliphatic carbocycles. The fraction of sp³-hybridized carbons (Fsp3) is 0.167. The molecule has 3 aromatic rings. The maximum atomic E-state index is 6.25. The van der Waals surface area contributed by atoms with Gasteiger partial charge in [-0.15, -0.1) is 0 Å². The number of halogens is 1. The number of rotatable bonds is 1. The van der Waals surface area contributed by atoms with Gasteiger partial charge < -0.3 is 4.98 Å². The second-order valence-electron chi connectivity index (χ2n) is 4.17. The van der Waals surface area contributed by atoms with Crippen molar-refractivity contribution in [3.8, 4) is 5.82 Å². The number of benzene rings is 1. The summed E-state index contributed by atoms with van der Waals surface area (Å²) in [5, 5.41) is 5.09. The molecule has 0 unspecified atom stereocenters. The molecule has 0 aliphatic heterocycles. The van der Waals surface area contributed by atoms with Crippen molar-refractivity contribution < 1.29 is 0 Å². The standard InChI is InChI=1S/C12H11ClN4S/c1-7-6-10(15-16(7)2)17-11-8(13)4-3-5-9(11)14-12(17)18/h3-6H,1-2H3,(H,14,18). The number of H-pyrrole nitrogens is 1.